The average Bonchev–Trinajstić information content (AvgIpc) is 2.59. The topological polar surface area (TPSA) is 31.6 Å². The van der Waals surface area contributed by atoms with E-state index in [1.165, 1.54) is 0 Å². The summed E-state index contributed by atoms with van der Waals surface area (Å²) in [7, 11) is 0. The SMILES string of the molecule is [c]1cc[nH]c1-c1[c]cc[nH]1. The van der Waals surface area contributed by atoms with Crippen LogP contribution in [0.2, 0.25) is 0 Å². The van der Waals surface area contributed by atoms with Gasteiger partial charge >= 0.3 is 0 Å². The molecule has 0 aliphatic carbocycles. The lowest BCUT2D eigenvalue weighted by Crippen LogP contribution is -1.73. The van der Waals surface area contributed by atoms with Gasteiger partial charge in [0.2, 0.25) is 0 Å². The summed E-state index contributed by atoms with van der Waals surface area (Å²) < 4.78 is 0. The molecule has 2 heterocycles. The molecule has 0 saturated heterocycles. The van der Waals surface area contributed by atoms with Crippen molar-refractivity contribution in [3.05, 3.63) is 36.7 Å². The largest absolute Gasteiger partial charge is 0.359 e. The summed E-state index contributed by atoms with van der Waals surface area (Å²) >= 11 is 0. The molecule has 2 rings (SSSR count). The highest BCUT2D eigenvalue weighted by molar-refractivity contribution is 5.52. The molecular weight excluding hydrogens is 124 g/mol. The van der Waals surface area contributed by atoms with Gasteiger partial charge in [0.25, 0.3) is 0 Å². The second-order valence-electron chi connectivity index (χ2n) is 1.99. The molecule has 0 amide bonds. The Balaban J connectivity index is 2.48. The van der Waals surface area contributed by atoms with Crippen molar-refractivity contribution in [2.24, 2.45) is 0 Å². The summed E-state index contributed by atoms with van der Waals surface area (Å²) in [5, 5.41) is 0. The third-order valence-corrected chi connectivity index (χ3v) is 1.33. The van der Waals surface area contributed by atoms with Crippen LogP contribution in [-0.4, -0.2) is 9.97 Å². The summed E-state index contributed by atoms with van der Waals surface area (Å²) in [5.74, 6) is 0. The van der Waals surface area contributed by atoms with Gasteiger partial charge in [-0.2, -0.15) is 0 Å². The van der Waals surface area contributed by atoms with Crippen LogP contribution in [0.5, 0.6) is 0 Å². The van der Waals surface area contributed by atoms with Gasteiger partial charge < -0.3 is 9.97 Å². The monoisotopic (exact) mass is 130 g/mol. The van der Waals surface area contributed by atoms with Crippen molar-refractivity contribution < 1.29 is 0 Å². The van der Waals surface area contributed by atoms with E-state index in [4.69, 9.17) is 0 Å². The number of rotatable bonds is 1. The normalized spacial score (nSPS) is 10.0. The van der Waals surface area contributed by atoms with Crippen molar-refractivity contribution in [3.63, 3.8) is 0 Å². The van der Waals surface area contributed by atoms with Crippen molar-refractivity contribution >= 4 is 0 Å². The molecule has 48 valence electrons. The average molecular weight is 130 g/mol. The fourth-order valence-electron chi connectivity index (χ4n) is 0.872. The van der Waals surface area contributed by atoms with E-state index in [0.717, 1.165) is 11.4 Å². The maximum atomic E-state index is 3.02. The Bertz CT molecular complexity index is 247. The first-order valence-electron chi connectivity index (χ1n) is 3.07. The lowest BCUT2D eigenvalue weighted by atomic mass is 10.3. The van der Waals surface area contributed by atoms with Crippen LogP contribution in [0.15, 0.2) is 24.5 Å². The molecular formula is C8H6N2. The molecule has 2 aromatic rings. The van der Waals surface area contributed by atoms with Gasteiger partial charge in [-0.1, -0.05) is 0 Å². The Labute approximate surface area is 58.9 Å². The summed E-state index contributed by atoms with van der Waals surface area (Å²) in [6.07, 6.45) is 3.67. The van der Waals surface area contributed by atoms with Crippen LogP contribution < -0.4 is 0 Å². The van der Waals surface area contributed by atoms with Gasteiger partial charge in [-0.15, -0.1) is 0 Å². The first-order chi connectivity index (χ1) is 4.97. The minimum atomic E-state index is 0.949. The molecule has 0 unspecified atom stereocenters. The van der Waals surface area contributed by atoms with E-state index in [1.54, 1.807) is 0 Å². The molecule has 0 aliphatic rings. The highest BCUT2D eigenvalue weighted by Crippen LogP contribution is 2.11. The lowest BCUT2D eigenvalue weighted by molar-refractivity contribution is 1.32. The molecule has 2 heteroatoms. The van der Waals surface area contributed by atoms with E-state index >= 15 is 0 Å². The Morgan fingerprint density at radius 1 is 0.900 bits per heavy atom. The van der Waals surface area contributed by atoms with Crippen LogP contribution in [0.1, 0.15) is 0 Å². The third-order valence-electron chi connectivity index (χ3n) is 1.33. The summed E-state index contributed by atoms with van der Waals surface area (Å²) in [6.45, 7) is 0. The Morgan fingerprint density at radius 3 is 1.70 bits per heavy atom. The van der Waals surface area contributed by atoms with E-state index in [0.29, 0.717) is 0 Å². The zero-order chi connectivity index (χ0) is 6.81. The standard InChI is InChI=1S/C8H6N2/c1-3-7(9-5-1)8-4-2-6-10-8/h1-2,5-6,9-10H. The lowest BCUT2D eigenvalue weighted by Gasteiger charge is -1.87. The van der Waals surface area contributed by atoms with Crippen molar-refractivity contribution in [2.45, 2.75) is 0 Å². The molecule has 10 heavy (non-hydrogen) atoms. The van der Waals surface area contributed by atoms with Gasteiger partial charge in [-0.25, -0.2) is 0 Å². The first kappa shape index (κ1) is 5.35. The maximum Gasteiger partial charge on any atom is 0.0706 e. The molecule has 2 aromatic heterocycles. The Morgan fingerprint density at radius 2 is 1.40 bits per heavy atom. The molecule has 0 saturated carbocycles. The van der Waals surface area contributed by atoms with Gasteiger partial charge in [0, 0.05) is 24.5 Å². The van der Waals surface area contributed by atoms with E-state index in [2.05, 4.69) is 22.1 Å². The number of nitrogens with one attached hydrogen (secondary N) is 2. The zero-order valence-electron chi connectivity index (χ0n) is 5.31. The first-order valence-corrected chi connectivity index (χ1v) is 3.07. The van der Waals surface area contributed by atoms with Crippen LogP contribution in [0, 0.1) is 12.1 Å². The molecule has 0 aliphatic heterocycles. The summed E-state index contributed by atoms with van der Waals surface area (Å²) in [4.78, 5) is 6.04. The summed E-state index contributed by atoms with van der Waals surface area (Å²) in [5.41, 5.74) is 1.90. The van der Waals surface area contributed by atoms with Gasteiger partial charge in [-0.3, -0.25) is 0 Å². The van der Waals surface area contributed by atoms with Crippen molar-refractivity contribution in [1.29, 1.82) is 0 Å². The van der Waals surface area contributed by atoms with Crippen LogP contribution in [0.25, 0.3) is 11.4 Å². The van der Waals surface area contributed by atoms with Crippen LogP contribution >= 0.6 is 0 Å². The fourth-order valence-corrected chi connectivity index (χ4v) is 0.872. The van der Waals surface area contributed by atoms with Gasteiger partial charge in [-0.05, 0) is 12.1 Å². The third kappa shape index (κ3) is 0.739. The second kappa shape index (κ2) is 2.06. The Hall–Kier alpha value is -1.44. The molecule has 0 aromatic carbocycles. The number of aromatic nitrogens is 2. The fraction of sp³-hybridized carbons (Fsp3) is 0. The maximum absolute atomic E-state index is 3.02. The molecule has 0 fully saturated rings. The van der Waals surface area contributed by atoms with Gasteiger partial charge in [0.1, 0.15) is 0 Å². The van der Waals surface area contributed by atoms with Gasteiger partial charge in [0.15, 0.2) is 0 Å². The van der Waals surface area contributed by atoms with E-state index in [1.807, 2.05) is 24.5 Å². The summed E-state index contributed by atoms with van der Waals surface area (Å²) in [6, 6.07) is 9.72. The molecule has 0 atom stereocenters. The number of hydrogen-bond donors (Lipinski definition) is 2. The number of aromatic amines is 2. The molecule has 2 radical (unpaired) electrons. The molecule has 2 nitrogen and oxygen atoms in total. The van der Waals surface area contributed by atoms with Crippen molar-refractivity contribution in [3.8, 4) is 11.4 Å². The predicted octanol–water partition coefficient (Wildman–Crippen LogP) is 1.61. The zero-order valence-corrected chi connectivity index (χ0v) is 5.31. The number of hydrogen-bond acceptors (Lipinski definition) is 0. The molecule has 0 bridgehead atoms. The second-order valence-corrected chi connectivity index (χ2v) is 1.99. The van der Waals surface area contributed by atoms with Crippen LogP contribution in [-0.2, 0) is 0 Å². The van der Waals surface area contributed by atoms with Crippen molar-refractivity contribution in [1.82, 2.24) is 9.97 Å². The van der Waals surface area contributed by atoms with E-state index < -0.39 is 0 Å². The smallest absolute Gasteiger partial charge is 0.0706 e. The van der Waals surface area contributed by atoms with Crippen LogP contribution in [0.3, 0.4) is 0 Å². The van der Waals surface area contributed by atoms with E-state index in [9.17, 15) is 0 Å². The quantitative estimate of drug-likeness (QED) is 0.587. The van der Waals surface area contributed by atoms with E-state index in [-0.39, 0.29) is 0 Å². The number of H-pyrrole nitrogens is 2. The minimum absolute atomic E-state index is 0.949. The predicted molar refractivity (Wildman–Crippen MR) is 38.3 cm³/mol. The van der Waals surface area contributed by atoms with Gasteiger partial charge in [0.05, 0.1) is 11.4 Å². The Kier molecular flexibility index (Phi) is 1.10. The highest BCUT2D eigenvalue weighted by atomic mass is 14.8. The van der Waals surface area contributed by atoms with Crippen LogP contribution in [0.4, 0.5) is 0 Å². The minimum Gasteiger partial charge on any atom is -0.359 e. The highest BCUT2D eigenvalue weighted by Gasteiger charge is 1.95. The van der Waals surface area contributed by atoms with Crippen molar-refractivity contribution in [2.75, 3.05) is 0 Å². The molecule has 0 spiro atoms. The molecule has 2 N–H and O–H groups in total.